The maximum Gasteiger partial charge on any atom is 0.255 e. The second-order valence-electron chi connectivity index (χ2n) is 9.25. The normalized spacial score (nSPS) is 16.4. The van der Waals surface area contributed by atoms with Crippen molar-refractivity contribution < 1.29 is 14.3 Å². The molecule has 4 N–H and O–H groups in total. The number of primary amides is 1. The highest BCUT2D eigenvalue weighted by atomic mass is 35.5. The fourth-order valence-corrected chi connectivity index (χ4v) is 4.92. The summed E-state index contributed by atoms with van der Waals surface area (Å²) in [5.74, 6) is 6.65. The van der Waals surface area contributed by atoms with Crippen LogP contribution in [0.2, 0.25) is 5.02 Å². The van der Waals surface area contributed by atoms with Crippen molar-refractivity contribution in [3.05, 3.63) is 52.5 Å². The lowest BCUT2D eigenvalue weighted by Crippen LogP contribution is -2.36. The number of ether oxygens (including phenoxy) is 1. The van der Waals surface area contributed by atoms with Gasteiger partial charge in [-0.2, -0.15) is 5.10 Å². The number of hydrogen-bond acceptors (Lipinski definition) is 6. The third kappa shape index (κ3) is 5.69. The Balaban J connectivity index is 0.000000236. The molecule has 1 aliphatic carbocycles. The number of carbonyl (C=O) groups excluding carboxylic acids is 2. The van der Waals surface area contributed by atoms with Gasteiger partial charge in [0.15, 0.2) is 5.82 Å². The number of nitrogens with two attached hydrogens (primary N) is 1. The van der Waals surface area contributed by atoms with Gasteiger partial charge in [-0.1, -0.05) is 24.1 Å². The molecule has 1 unspecified atom stereocenters. The van der Waals surface area contributed by atoms with Gasteiger partial charge in [0.1, 0.15) is 17.1 Å². The smallest absolute Gasteiger partial charge is 0.255 e. The molecule has 38 heavy (non-hydrogen) atoms. The number of nitrogens with zero attached hydrogens (tertiary/aromatic N) is 4. The maximum atomic E-state index is 11.6. The number of H-pyrrole nitrogens is 1. The van der Waals surface area contributed by atoms with E-state index in [4.69, 9.17) is 22.1 Å². The van der Waals surface area contributed by atoms with Crippen molar-refractivity contribution in [2.24, 2.45) is 5.73 Å². The molecule has 0 radical (unpaired) electrons. The van der Waals surface area contributed by atoms with Crippen LogP contribution in [0.3, 0.4) is 0 Å². The first-order chi connectivity index (χ1) is 18.3. The van der Waals surface area contributed by atoms with Gasteiger partial charge in [0.05, 0.1) is 28.7 Å². The molecule has 3 aromatic rings. The molecule has 0 bridgehead atoms. The van der Waals surface area contributed by atoms with E-state index in [1.165, 1.54) is 18.9 Å². The lowest BCUT2D eigenvalue weighted by molar-refractivity contribution is -0.127. The van der Waals surface area contributed by atoms with Gasteiger partial charge in [-0.15, -0.1) is 0 Å². The van der Waals surface area contributed by atoms with Gasteiger partial charge >= 0.3 is 0 Å². The predicted molar refractivity (Wildman–Crippen MR) is 147 cm³/mol. The minimum Gasteiger partial charge on any atom is -0.383 e. The number of nitrogens with one attached hydrogen (secondary N) is 2. The van der Waals surface area contributed by atoms with Gasteiger partial charge in [-0.05, 0) is 56.7 Å². The number of fused-ring (bicyclic) bond motifs is 1. The second kappa shape index (κ2) is 11.7. The fourth-order valence-electron chi connectivity index (χ4n) is 4.72. The van der Waals surface area contributed by atoms with Crippen molar-refractivity contribution in [1.29, 1.82) is 0 Å². The maximum absolute atomic E-state index is 11.6. The minimum absolute atomic E-state index is 0.0227. The monoisotopic (exact) mass is 537 g/mol. The van der Waals surface area contributed by atoms with Crippen LogP contribution in [0.25, 0.3) is 11.0 Å². The van der Waals surface area contributed by atoms with E-state index >= 15 is 0 Å². The molecule has 1 atom stereocenters. The number of carbonyl (C=O) groups is 2. The zero-order valence-electron chi connectivity index (χ0n) is 21.8. The van der Waals surface area contributed by atoms with E-state index in [1.54, 1.807) is 14.2 Å². The van der Waals surface area contributed by atoms with Crippen LogP contribution in [0.1, 0.15) is 59.2 Å². The summed E-state index contributed by atoms with van der Waals surface area (Å²) in [4.78, 5) is 29.3. The van der Waals surface area contributed by atoms with Crippen LogP contribution in [0.15, 0.2) is 24.8 Å². The van der Waals surface area contributed by atoms with Gasteiger partial charge in [0.25, 0.3) is 5.91 Å². The summed E-state index contributed by atoms with van der Waals surface area (Å²) in [6.07, 6.45) is 5.85. The first-order valence-electron chi connectivity index (χ1n) is 12.5. The highest BCUT2D eigenvalue weighted by Gasteiger charge is 2.28. The van der Waals surface area contributed by atoms with E-state index in [0.717, 1.165) is 36.2 Å². The van der Waals surface area contributed by atoms with Gasteiger partial charge in [0, 0.05) is 32.3 Å². The Bertz CT molecular complexity index is 1430. The van der Waals surface area contributed by atoms with E-state index in [2.05, 4.69) is 43.5 Å². The summed E-state index contributed by atoms with van der Waals surface area (Å²) in [6, 6.07) is 4.56. The Morgan fingerprint density at radius 3 is 2.74 bits per heavy atom. The number of anilines is 1. The number of likely N-dealkylation sites (tertiary alicyclic amines) is 1. The van der Waals surface area contributed by atoms with Crippen molar-refractivity contribution in [1.82, 2.24) is 24.6 Å². The number of methoxy groups -OCH3 is 1. The van der Waals surface area contributed by atoms with Gasteiger partial charge in [0.2, 0.25) is 5.91 Å². The zero-order chi connectivity index (χ0) is 27.4. The standard InChI is InChI=1S/C18H17ClN6O.C9H15NO2/c1-9-22-14-7-10(12(19)8-15(14)25(9)11-4-5-11)3-6-13-16(17(20)26)18(21-2)24-23-13;1-3-9(11)10-6-4-5-8(10)7-12-2/h7-8,11H,4-5H2,1-2H3,(H2,20,26)(H2,21,23,24);3,8H,1,4-7H2,2H3. The summed E-state index contributed by atoms with van der Waals surface area (Å²) in [7, 11) is 3.32. The third-order valence-corrected chi connectivity index (χ3v) is 6.94. The van der Waals surface area contributed by atoms with Crippen molar-refractivity contribution in [2.75, 3.05) is 32.6 Å². The topological polar surface area (TPSA) is 131 Å². The number of amides is 2. The van der Waals surface area contributed by atoms with Crippen LogP contribution in [0, 0.1) is 18.8 Å². The molecule has 2 aromatic heterocycles. The number of aryl methyl sites for hydroxylation is 1. The molecule has 1 saturated heterocycles. The largest absolute Gasteiger partial charge is 0.383 e. The Hall–Kier alpha value is -3.81. The highest BCUT2D eigenvalue weighted by molar-refractivity contribution is 6.32. The van der Waals surface area contributed by atoms with Crippen LogP contribution in [-0.2, 0) is 9.53 Å². The highest BCUT2D eigenvalue weighted by Crippen LogP contribution is 2.39. The van der Waals surface area contributed by atoms with Crippen molar-refractivity contribution >= 4 is 40.3 Å². The summed E-state index contributed by atoms with van der Waals surface area (Å²) in [5.41, 5.74) is 8.51. The average molecular weight is 538 g/mol. The van der Waals surface area contributed by atoms with Crippen LogP contribution in [0.5, 0.6) is 0 Å². The van der Waals surface area contributed by atoms with Crippen molar-refractivity contribution in [3.8, 4) is 11.8 Å². The van der Waals surface area contributed by atoms with E-state index < -0.39 is 5.91 Å². The summed E-state index contributed by atoms with van der Waals surface area (Å²) < 4.78 is 7.26. The number of imidazole rings is 1. The Morgan fingerprint density at radius 1 is 1.34 bits per heavy atom. The fraction of sp³-hybridized carbons (Fsp3) is 0.407. The Labute approximate surface area is 226 Å². The number of aromatic nitrogens is 4. The van der Waals surface area contributed by atoms with E-state index in [0.29, 0.717) is 34.7 Å². The van der Waals surface area contributed by atoms with Crippen molar-refractivity contribution in [2.45, 2.75) is 44.7 Å². The van der Waals surface area contributed by atoms with E-state index in [9.17, 15) is 9.59 Å². The van der Waals surface area contributed by atoms with Crippen LogP contribution in [-0.4, -0.2) is 69.8 Å². The molecule has 2 amide bonds. The molecule has 11 heteroatoms. The quantitative estimate of drug-likeness (QED) is 0.326. The molecule has 5 rings (SSSR count). The van der Waals surface area contributed by atoms with Gasteiger partial charge in [-0.3, -0.25) is 14.7 Å². The number of aromatic amines is 1. The average Bonchev–Trinajstić information content (AvgIpc) is 3.32. The van der Waals surface area contributed by atoms with Crippen LogP contribution >= 0.6 is 11.6 Å². The molecule has 1 saturated carbocycles. The molecule has 0 spiro atoms. The van der Waals surface area contributed by atoms with Crippen molar-refractivity contribution in [3.63, 3.8) is 0 Å². The summed E-state index contributed by atoms with van der Waals surface area (Å²) in [6.45, 7) is 6.95. The Kier molecular flexibility index (Phi) is 8.39. The van der Waals surface area contributed by atoms with Gasteiger partial charge in [-0.25, -0.2) is 4.98 Å². The summed E-state index contributed by atoms with van der Waals surface area (Å²) in [5, 5.41) is 10.1. The van der Waals surface area contributed by atoms with Crippen LogP contribution in [0.4, 0.5) is 5.82 Å². The number of hydrogen-bond donors (Lipinski definition) is 3. The van der Waals surface area contributed by atoms with Crippen LogP contribution < -0.4 is 11.1 Å². The molecule has 3 heterocycles. The molecule has 10 nitrogen and oxygen atoms in total. The molecule has 2 aliphatic rings. The lowest BCUT2D eigenvalue weighted by atomic mass is 10.1. The minimum atomic E-state index is -0.604. The zero-order valence-corrected chi connectivity index (χ0v) is 22.6. The SMILES string of the molecule is C=CC(=O)N1CCCC1COC.CNc1n[nH]c(C#Cc2cc3nc(C)n(C4CC4)c3cc2Cl)c1C(N)=O. The van der Waals surface area contributed by atoms with E-state index in [1.807, 2.05) is 24.0 Å². The first-order valence-corrected chi connectivity index (χ1v) is 12.8. The lowest BCUT2D eigenvalue weighted by Gasteiger charge is -2.22. The Morgan fingerprint density at radius 2 is 2.11 bits per heavy atom. The number of rotatable bonds is 6. The number of halogens is 1. The first kappa shape index (κ1) is 27.2. The predicted octanol–water partition coefficient (Wildman–Crippen LogP) is 3.41. The van der Waals surface area contributed by atoms with E-state index in [-0.39, 0.29) is 17.5 Å². The molecule has 200 valence electrons. The number of benzene rings is 1. The third-order valence-electron chi connectivity index (χ3n) is 6.63. The molecule has 1 aliphatic heterocycles. The molecular weight excluding hydrogens is 506 g/mol. The molecule has 2 fully saturated rings. The molecule has 1 aromatic carbocycles. The second-order valence-corrected chi connectivity index (χ2v) is 9.66. The summed E-state index contributed by atoms with van der Waals surface area (Å²) >= 11 is 6.44. The van der Waals surface area contributed by atoms with Gasteiger partial charge < -0.3 is 25.3 Å². The molecular formula is C27H32ClN7O3.